The lowest BCUT2D eigenvalue weighted by atomic mass is 9.76. The Hall–Kier alpha value is -7.05. The molecule has 0 spiro atoms. The minimum Gasteiger partial charge on any atom is -0.269 e. The van der Waals surface area contributed by atoms with Crippen molar-refractivity contribution >= 4 is 63.1 Å². The summed E-state index contributed by atoms with van der Waals surface area (Å²) in [7, 11) is 0. The molecule has 5 aliphatic rings. The van der Waals surface area contributed by atoms with E-state index >= 15 is 0 Å². The van der Waals surface area contributed by atoms with E-state index in [1.165, 1.54) is 377 Å². The van der Waals surface area contributed by atoms with E-state index in [4.69, 9.17) is 63.1 Å². The Kier molecular flexibility index (Phi) is 58.2. The van der Waals surface area contributed by atoms with Crippen LogP contribution in [0.3, 0.4) is 0 Å². The third-order valence-electron chi connectivity index (χ3n) is 30.5. The van der Waals surface area contributed by atoms with Crippen LogP contribution in [0.4, 0.5) is 23.5 Å². The molecule has 10 aromatic rings. The first-order valence-electron chi connectivity index (χ1n) is 53.1. The van der Waals surface area contributed by atoms with Gasteiger partial charge in [0.1, 0.15) is 0 Å². The maximum absolute atomic E-state index is 5.21. The van der Waals surface area contributed by atoms with Crippen molar-refractivity contribution in [3.05, 3.63) is 326 Å². The van der Waals surface area contributed by atoms with Gasteiger partial charge >= 0.3 is 0 Å². The molecule has 0 heterocycles. The fourth-order valence-electron chi connectivity index (χ4n) is 21.9. The van der Waals surface area contributed by atoms with E-state index in [-0.39, 0.29) is 23.5 Å². The van der Waals surface area contributed by atoms with Crippen LogP contribution in [-0.4, -0.2) is 0 Å². The minimum absolute atomic E-state index is 0. The highest BCUT2D eigenvalue weighted by atomic mass is 32.1. The second kappa shape index (κ2) is 67.3. The highest BCUT2D eigenvalue weighted by Gasteiger charge is 2.29. The van der Waals surface area contributed by atoms with Crippen LogP contribution in [0, 0.1) is 0 Å². The van der Waals surface area contributed by atoms with Gasteiger partial charge in [0.15, 0.2) is 0 Å². The van der Waals surface area contributed by atoms with Crippen molar-refractivity contribution in [1.82, 2.24) is 0 Å². The summed E-state index contributed by atoms with van der Waals surface area (Å²) in [6.45, 7) is 11.4. The molecule has 0 atom stereocenters. The van der Waals surface area contributed by atoms with Crippen LogP contribution >= 0.6 is 63.1 Å². The lowest BCUT2D eigenvalue weighted by Gasteiger charge is -2.29. The van der Waals surface area contributed by atoms with E-state index in [0.29, 0.717) is 0 Å². The van der Waals surface area contributed by atoms with E-state index in [2.05, 4.69) is 277 Å². The van der Waals surface area contributed by atoms with E-state index in [1.54, 1.807) is 27.8 Å². The average Bonchev–Trinajstić information content (AvgIpc) is 0.850. The second-order valence-electron chi connectivity index (χ2n) is 40.1. The molecule has 0 aliphatic heterocycles. The Morgan fingerprint density at radius 2 is 0.237 bits per heavy atom. The molecular formula is C125H170F5S5. The number of benzene rings is 10. The molecular weight excluding hydrogens is 1760 g/mol. The quantitative estimate of drug-likeness (QED) is 0.0265. The molecule has 5 aliphatic carbocycles. The summed E-state index contributed by atoms with van der Waals surface area (Å²) in [4.78, 5) is 4.76. The summed E-state index contributed by atoms with van der Waals surface area (Å²) in [5, 5.41) is 0. The Morgan fingerprint density at radius 1 is 0.141 bits per heavy atom. The second-order valence-corrected chi connectivity index (χ2v) is 42.5. The summed E-state index contributed by atoms with van der Waals surface area (Å²) >= 11 is 26.1. The zero-order valence-corrected chi connectivity index (χ0v) is 87.4. The highest BCUT2D eigenvalue weighted by molar-refractivity contribution is 7.81. The zero-order valence-electron chi connectivity index (χ0n) is 83.3. The van der Waals surface area contributed by atoms with Gasteiger partial charge in [-0.25, -0.2) is 0 Å². The van der Waals surface area contributed by atoms with E-state index in [9.17, 15) is 0 Å². The van der Waals surface area contributed by atoms with Crippen LogP contribution in [0.1, 0.15) is 466 Å². The molecule has 0 amide bonds. The predicted octanol–water partition coefficient (Wildman–Crippen LogP) is 41.7. The number of hydrogen-bond acceptors (Lipinski definition) is 0. The largest absolute Gasteiger partial charge is 0.269 e. The van der Waals surface area contributed by atoms with E-state index in [1.807, 2.05) is 0 Å². The number of aryl methyl sites for hydroxylation is 5. The van der Waals surface area contributed by atoms with E-state index < -0.39 is 0 Å². The number of halogens is 5. The summed E-state index contributed by atoms with van der Waals surface area (Å²) in [5.74, 6) is 7.40. The van der Waals surface area contributed by atoms with Crippen molar-refractivity contribution in [3.8, 4) is 0 Å². The molecule has 0 nitrogen and oxygen atoms in total. The van der Waals surface area contributed by atoms with Gasteiger partial charge in [0, 0.05) is 24.5 Å². The standard InChI is InChI=1S/5C25H33S.5FH/c5*1-2-3-4-5-6-7-20-8-10-21(11-9-20)22-12-14-23(15-13-22)24-16-18-25(26)19-17-24;;;;;/h5*8-11,16-19,22-23H,2-7,12-15H2,1H3;5*1H/t5*22-,23-;;;;;. The molecule has 5 fully saturated rings. The van der Waals surface area contributed by atoms with Gasteiger partial charge in [-0.15, -0.1) is 0 Å². The van der Waals surface area contributed by atoms with Crippen molar-refractivity contribution in [2.45, 2.75) is 439 Å². The van der Waals surface area contributed by atoms with E-state index in [0.717, 1.165) is 83.7 Å². The Bertz CT molecular complexity index is 3890. The van der Waals surface area contributed by atoms with Gasteiger partial charge in [-0.1, -0.05) is 408 Å². The molecule has 0 saturated heterocycles. The van der Waals surface area contributed by atoms with Gasteiger partial charge in [0.05, 0.1) is 0 Å². The fourth-order valence-corrected chi connectivity index (χ4v) is 22.6. The van der Waals surface area contributed by atoms with Gasteiger partial charge in [0.2, 0.25) is 0 Å². The monoisotopic (exact) mass is 1930 g/mol. The van der Waals surface area contributed by atoms with Gasteiger partial charge in [-0.2, -0.15) is 0 Å². The third-order valence-corrected chi connectivity index (χ3v) is 31.9. The Balaban J connectivity index is 0.000000257. The third kappa shape index (κ3) is 41.7. The van der Waals surface area contributed by atoms with Crippen molar-refractivity contribution < 1.29 is 23.5 Å². The Morgan fingerprint density at radius 3 is 0.341 bits per heavy atom. The predicted molar refractivity (Wildman–Crippen MR) is 588 cm³/mol. The van der Waals surface area contributed by atoms with Gasteiger partial charge in [-0.3, -0.25) is 23.5 Å². The van der Waals surface area contributed by atoms with Crippen LogP contribution in [0.2, 0.25) is 0 Å². The molecule has 10 heteroatoms. The molecule has 0 N–H and O–H groups in total. The molecule has 735 valence electrons. The van der Waals surface area contributed by atoms with Crippen molar-refractivity contribution in [1.29, 1.82) is 0 Å². The van der Waals surface area contributed by atoms with Crippen LogP contribution < -0.4 is 0 Å². The normalized spacial score (nSPS) is 19.4. The fraction of sp³-hybridized carbons (Fsp3) is 0.520. The zero-order chi connectivity index (χ0) is 91.0. The SMILES string of the molecule is CCCCCCCc1ccc([C@H]2CC[C@H](c3ccc([S])cc3)CC2)cc1.CCCCCCCc1ccc([C@H]2CC[C@H](c3ccc([S])cc3)CC2)cc1.CCCCCCCc1ccc([C@H]2CC[C@H](c3ccc([S])cc3)CC2)cc1.CCCCCCCc1ccc([C@H]2CC[C@H](c3ccc([S])cc3)CC2)cc1.CCCCCCCc1ccc([C@H]2CC[C@H](c3ccc([S])cc3)CC2)cc1.F.F.F.F.F. The summed E-state index contributed by atoms with van der Waals surface area (Å²) in [6.07, 6.45) is 66.6. The topological polar surface area (TPSA) is 0 Å². The number of hydrogen-bond donors (Lipinski definition) is 0. The first kappa shape index (κ1) is 117. The molecule has 5 radical (unpaired) electrons. The lowest BCUT2D eigenvalue weighted by Crippen LogP contribution is -2.12. The van der Waals surface area contributed by atoms with Gasteiger partial charge < -0.3 is 0 Å². The van der Waals surface area contributed by atoms with Gasteiger partial charge in [0.25, 0.3) is 0 Å². The smallest absolute Gasteiger partial charge is 0.0377 e. The van der Waals surface area contributed by atoms with Crippen LogP contribution in [0.15, 0.2) is 267 Å². The average molecular weight is 1930 g/mol. The maximum atomic E-state index is 5.21. The molecule has 135 heavy (non-hydrogen) atoms. The summed E-state index contributed by atoms with van der Waals surface area (Å²) in [6, 6.07) is 91.0. The van der Waals surface area contributed by atoms with Crippen molar-refractivity contribution in [2.24, 2.45) is 0 Å². The molecule has 0 unspecified atom stereocenters. The van der Waals surface area contributed by atoms with Crippen molar-refractivity contribution in [3.63, 3.8) is 0 Å². The van der Waals surface area contributed by atoms with Gasteiger partial charge in [-0.05, 0) is 396 Å². The first-order chi connectivity index (χ1) is 63.8. The van der Waals surface area contributed by atoms with Crippen LogP contribution in [0.5, 0.6) is 0 Å². The first-order valence-corrected chi connectivity index (χ1v) is 55.1. The summed E-state index contributed by atoms with van der Waals surface area (Å²) in [5.41, 5.74) is 22.8. The highest BCUT2D eigenvalue weighted by Crippen LogP contribution is 2.47. The van der Waals surface area contributed by atoms with Crippen molar-refractivity contribution in [2.75, 3.05) is 0 Å². The van der Waals surface area contributed by atoms with Crippen LogP contribution in [0.25, 0.3) is 0 Å². The molecule has 15 rings (SSSR count). The van der Waals surface area contributed by atoms with Crippen LogP contribution in [-0.2, 0) is 32.1 Å². The molecule has 0 bridgehead atoms. The summed E-state index contributed by atoms with van der Waals surface area (Å²) < 4.78 is 0. The molecule has 0 aromatic heterocycles. The lowest BCUT2D eigenvalue weighted by molar-refractivity contribution is 0.396. The molecule has 5 saturated carbocycles. The molecule has 10 aromatic carbocycles. The maximum Gasteiger partial charge on any atom is 0.0377 e. The Labute approximate surface area is 845 Å². The number of rotatable bonds is 40. The number of unbranched alkanes of at least 4 members (excludes halogenated alkanes) is 20. The minimum atomic E-state index is 0.